The van der Waals surface area contributed by atoms with Crippen LogP contribution in [0.1, 0.15) is 12.0 Å². The molecule has 0 atom stereocenters. The van der Waals surface area contributed by atoms with Crippen LogP contribution in [-0.2, 0) is 6.42 Å². The van der Waals surface area contributed by atoms with Gasteiger partial charge in [-0.25, -0.2) is 4.39 Å². The highest BCUT2D eigenvalue weighted by Gasteiger charge is 1.95. The number of rotatable bonds is 5. The Balaban J connectivity index is 1.73. The zero-order chi connectivity index (χ0) is 12.8. The second kappa shape index (κ2) is 6.05. The van der Waals surface area contributed by atoms with Crippen molar-refractivity contribution in [1.82, 2.24) is 0 Å². The van der Waals surface area contributed by atoms with Crippen LogP contribution in [0.5, 0.6) is 5.75 Å². The van der Waals surface area contributed by atoms with Gasteiger partial charge in [-0.3, -0.25) is 0 Å². The topological polar surface area (TPSA) is 32.3 Å². The van der Waals surface area contributed by atoms with Crippen LogP contribution in [0.3, 0.4) is 0 Å². The van der Waals surface area contributed by atoms with Gasteiger partial charge in [0.1, 0.15) is 11.6 Å². The summed E-state index contributed by atoms with van der Waals surface area (Å²) in [5, 5.41) is 12.4. The van der Waals surface area contributed by atoms with Gasteiger partial charge >= 0.3 is 0 Å². The minimum Gasteiger partial charge on any atom is -0.508 e. The molecule has 0 amide bonds. The lowest BCUT2D eigenvalue weighted by atomic mass is 10.1. The average Bonchev–Trinajstić information content (AvgIpc) is 2.39. The second-order valence-electron chi connectivity index (χ2n) is 4.20. The quantitative estimate of drug-likeness (QED) is 0.623. The molecule has 0 fully saturated rings. The molecule has 2 aromatic rings. The van der Waals surface area contributed by atoms with E-state index < -0.39 is 0 Å². The summed E-state index contributed by atoms with van der Waals surface area (Å²) < 4.78 is 12.7. The number of aromatic hydroxyl groups is 1. The molecule has 18 heavy (non-hydrogen) atoms. The highest BCUT2D eigenvalue weighted by Crippen LogP contribution is 2.13. The Morgan fingerprint density at radius 2 is 1.61 bits per heavy atom. The maximum absolute atomic E-state index is 12.7. The third kappa shape index (κ3) is 3.77. The third-order valence-electron chi connectivity index (χ3n) is 2.75. The van der Waals surface area contributed by atoms with Crippen LogP contribution >= 0.6 is 0 Å². The van der Waals surface area contributed by atoms with E-state index in [0.717, 1.165) is 30.6 Å². The van der Waals surface area contributed by atoms with E-state index >= 15 is 0 Å². The van der Waals surface area contributed by atoms with Crippen LogP contribution in [0.15, 0.2) is 48.5 Å². The molecule has 0 unspecified atom stereocenters. The first-order valence-corrected chi connectivity index (χ1v) is 6.01. The standard InChI is InChI=1S/C15H16FNO/c16-13-5-3-12(4-6-13)2-1-11-17-14-7-9-15(18)10-8-14/h3-10,17-18H,1-2,11H2. The van der Waals surface area contributed by atoms with Crippen LogP contribution in [-0.4, -0.2) is 11.7 Å². The smallest absolute Gasteiger partial charge is 0.123 e. The predicted octanol–water partition coefficient (Wildman–Crippen LogP) is 3.58. The Labute approximate surface area is 106 Å². The summed E-state index contributed by atoms with van der Waals surface area (Å²) in [6, 6.07) is 13.6. The van der Waals surface area contributed by atoms with Crippen LogP contribution in [0.25, 0.3) is 0 Å². The Bertz CT molecular complexity index is 431. The number of anilines is 1. The van der Waals surface area contributed by atoms with E-state index in [0.29, 0.717) is 0 Å². The van der Waals surface area contributed by atoms with E-state index in [2.05, 4.69) is 5.32 Å². The van der Waals surface area contributed by atoms with Crippen molar-refractivity contribution >= 4 is 5.69 Å². The third-order valence-corrected chi connectivity index (χ3v) is 2.75. The summed E-state index contributed by atoms with van der Waals surface area (Å²) in [5.74, 6) is 0.0767. The predicted molar refractivity (Wildman–Crippen MR) is 71.3 cm³/mol. The fourth-order valence-corrected chi connectivity index (χ4v) is 1.76. The minimum atomic E-state index is -0.194. The molecule has 0 saturated heterocycles. The van der Waals surface area contributed by atoms with Crippen LogP contribution < -0.4 is 5.32 Å². The Morgan fingerprint density at radius 1 is 0.944 bits per heavy atom. The Morgan fingerprint density at radius 3 is 2.28 bits per heavy atom. The number of hydrogen-bond acceptors (Lipinski definition) is 2. The van der Waals surface area contributed by atoms with E-state index in [1.54, 1.807) is 12.1 Å². The summed E-state index contributed by atoms with van der Waals surface area (Å²) in [4.78, 5) is 0. The van der Waals surface area contributed by atoms with Gasteiger partial charge in [0.25, 0.3) is 0 Å². The van der Waals surface area contributed by atoms with Crippen LogP contribution in [0.2, 0.25) is 0 Å². The van der Waals surface area contributed by atoms with Gasteiger partial charge in [-0.2, -0.15) is 0 Å². The Hall–Kier alpha value is -2.03. The van der Waals surface area contributed by atoms with Crippen molar-refractivity contribution in [2.45, 2.75) is 12.8 Å². The molecule has 0 spiro atoms. The van der Waals surface area contributed by atoms with Gasteiger partial charge in [0.2, 0.25) is 0 Å². The number of hydrogen-bond donors (Lipinski definition) is 2. The first-order valence-electron chi connectivity index (χ1n) is 6.01. The van der Waals surface area contributed by atoms with Crippen molar-refractivity contribution in [3.8, 4) is 5.75 Å². The number of phenols is 1. The molecule has 0 saturated carbocycles. The van der Waals surface area contributed by atoms with Crippen molar-refractivity contribution < 1.29 is 9.50 Å². The molecule has 0 aromatic heterocycles. The van der Waals surface area contributed by atoms with E-state index in [1.807, 2.05) is 24.3 Å². The highest BCUT2D eigenvalue weighted by molar-refractivity contribution is 5.45. The molecular weight excluding hydrogens is 229 g/mol. The second-order valence-corrected chi connectivity index (χ2v) is 4.20. The maximum atomic E-state index is 12.7. The van der Waals surface area contributed by atoms with Gasteiger partial charge < -0.3 is 10.4 Å². The Kier molecular flexibility index (Phi) is 4.18. The normalized spacial score (nSPS) is 10.3. The van der Waals surface area contributed by atoms with Crippen molar-refractivity contribution in [2.75, 3.05) is 11.9 Å². The molecule has 2 aromatic carbocycles. The lowest BCUT2D eigenvalue weighted by Gasteiger charge is -2.06. The van der Waals surface area contributed by atoms with E-state index in [9.17, 15) is 4.39 Å². The molecule has 2 nitrogen and oxygen atoms in total. The van der Waals surface area contributed by atoms with Crippen molar-refractivity contribution in [1.29, 1.82) is 0 Å². The molecule has 0 aliphatic rings. The van der Waals surface area contributed by atoms with Crippen molar-refractivity contribution in [3.05, 3.63) is 59.9 Å². The highest BCUT2D eigenvalue weighted by atomic mass is 19.1. The number of aryl methyl sites for hydroxylation is 1. The van der Waals surface area contributed by atoms with Gasteiger partial charge in [0, 0.05) is 12.2 Å². The van der Waals surface area contributed by atoms with Gasteiger partial charge in [0.05, 0.1) is 0 Å². The first-order chi connectivity index (χ1) is 8.74. The average molecular weight is 245 g/mol. The fourth-order valence-electron chi connectivity index (χ4n) is 1.76. The minimum absolute atomic E-state index is 0.194. The van der Waals surface area contributed by atoms with Gasteiger partial charge in [-0.05, 0) is 54.8 Å². The number of nitrogens with one attached hydrogen (secondary N) is 1. The molecule has 94 valence electrons. The lowest BCUT2D eigenvalue weighted by molar-refractivity contribution is 0.475. The lowest BCUT2D eigenvalue weighted by Crippen LogP contribution is -2.02. The fraction of sp³-hybridized carbons (Fsp3) is 0.200. The van der Waals surface area contributed by atoms with E-state index in [4.69, 9.17) is 5.11 Å². The van der Waals surface area contributed by atoms with E-state index in [-0.39, 0.29) is 11.6 Å². The molecule has 0 radical (unpaired) electrons. The molecule has 2 N–H and O–H groups in total. The summed E-state index contributed by atoms with van der Waals surface area (Å²) in [5.41, 5.74) is 2.14. The molecule has 0 bridgehead atoms. The number of benzene rings is 2. The van der Waals surface area contributed by atoms with E-state index in [1.165, 1.54) is 12.1 Å². The van der Waals surface area contributed by atoms with Gasteiger partial charge in [0.15, 0.2) is 0 Å². The molecule has 0 aliphatic carbocycles. The molecule has 3 heteroatoms. The van der Waals surface area contributed by atoms with Gasteiger partial charge in [-0.15, -0.1) is 0 Å². The summed E-state index contributed by atoms with van der Waals surface area (Å²) in [6.45, 7) is 0.849. The zero-order valence-electron chi connectivity index (χ0n) is 10.1. The van der Waals surface area contributed by atoms with Crippen molar-refractivity contribution in [2.24, 2.45) is 0 Å². The SMILES string of the molecule is Oc1ccc(NCCCc2ccc(F)cc2)cc1. The molecular formula is C15H16FNO. The van der Waals surface area contributed by atoms with Gasteiger partial charge in [-0.1, -0.05) is 12.1 Å². The summed E-state index contributed by atoms with van der Waals surface area (Å²) in [6.07, 6.45) is 1.90. The van der Waals surface area contributed by atoms with Crippen LogP contribution in [0.4, 0.5) is 10.1 Å². The number of phenolic OH excluding ortho intramolecular Hbond substituents is 1. The van der Waals surface area contributed by atoms with Crippen molar-refractivity contribution in [3.63, 3.8) is 0 Å². The largest absolute Gasteiger partial charge is 0.508 e. The van der Waals surface area contributed by atoms with Crippen LogP contribution in [0, 0.1) is 5.82 Å². The maximum Gasteiger partial charge on any atom is 0.123 e. The summed E-state index contributed by atoms with van der Waals surface area (Å²) in [7, 11) is 0. The monoisotopic (exact) mass is 245 g/mol. The molecule has 2 rings (SSSR count). The first kappa shape index (κ1) is 12.4. The summed E-state index contributed by atoms with van der Waals surface area (Å²) >= 11 is 0. The zero-order valence-corrected chi connectivity index (χ0v) is 10.1. The molecule has 0 aliphatic heterocycles. The molecule has 0 heterocycles. The number of halogens is 1.